The van der Waals surface area contributed by atoms with Crippen molar-refractivity contribution in [1.29, 1.82) is 0 Å². The molecule has 0 radical (unpaired) electrons. The Hall–Kier alpha value is -2.97. The first kappa shape index (κ1) is 24.8. The number of aromatic nitrogens is 2. The van der Waals surface area contributed by atoms with Crippen LogP contribution in [-0.2, 0) is 12.8 Å². The second-order valence-electron chi connectivity index (χ2n) is 12.9. The molecule has 1 aliphatic carbocycles. The summed E-state index contributed by atoms with van der Waals surface area (Å²) < 4.78 is 20.8. The second-order valence-corrected chi connectivity index (χ2v) is 12.9. The lowest BCUT2D eigenvalue weighted by atomic mass is 9.80. The molecule has 4 fully saturated rings. The van der Waals surface area contributed by atoms with Crippen molar-refractivity contribution in [2.24, 2.45) is 0 Å². The number of anilines is 1. The van der Waals surface area contributed by atoms with E-state index in [-0.39, 0.29) is 11.5 Å². The molecule has 7 nitrogen and oxygen atoms in total. The molecule has 8 rings (SSSR count). The molecule has 3 aromatic rings. The Bertz CT molecular complexity index is 1440. The molecule has 2 N–H and O–H groups in total. The number of phenols is 1. The summed E-state index contributed by atoms with van der Waals surface area (Å²) in [5, 5.41) is 16.5. The molecule has 40 heavy (non-hydrogen) atoms. The third kappa shape index (κ3) is 4.22. The predicted molar refractivity (Wildman–Crippen MR) is 153 cm³/mol. The molecular formula is C32H38FN5O2. The molecule has 1 aromatic heterocycles. The smallest absolute Gasteiger partial charge is 0.318 e. The van der Waals surface area contributed by atoms with Crippen LogP contribution in [0, 0.1) is 0 Å². The van der Waals surface area contributed by atoms with E-state index in [0.29, 0.717) is 43.4 Å². The van der Waals surface area contributed by atoms with E-state index in [9.17, 15) is 9.50 Å². The molecule has 0 spiro atoms. The van der Waals surface area contributed by atoms with Gasteiger partial charge in [-0.25, -0.2) is 4.39 Å². The number of nitrogens with one attached hydrogen (secondary N) is 1. The Balaban J connectivity index is 1.14. The summed E-state index contributed by atoms with van der Waals surface area (Å²) in [6.45, 7) is 3.83. The molecule has 210 valence electrons. The summed E-state index contributed by atoms with van der Waals surface area (Å²) in [7, 11) is 0. The van der Waals surface area contributed by atoms with E-state index in [1.807, 2.05) is 18.2 Å². The van der Waals surface area contributed by atoms with Crippen molar-refractivity contribution in [3.63, 3.8) is 0 Å². The van der Waals surface area contributed by atoms with Crippen molar-refractivity contribution in [3.8, 4) is 11.8 Å². The monoisotopic (exact) mass is 543 g/mol. The molecule has 1 unspecified atom stereocenters. The largest absolute Gasteiger partial charge is 0.508 e. The molecule has 5 atom stereocenters. The van der Waals surface area contributed by atoms with E-state index in [1.165, 1.54) is 29.4 Å². The summed E-state index contributed by atoms with van der Waals surface area (Å²) in [6.07, 6.45) is 6.94. The topological polar surface area (TPSA) is 73.8 Å². The van der Waals surface area contributed by atoms with E-state index in [0.717, 1.165) is 68.6 Å². The van der Waals surface area contributed by atoms with Crippen molar-refractivity contribution in [3.05, 3.63) is 53.2 Å². The minimum absolute atomic E-state index is 0.226. The molecule has 8 heteroatoms. The zero-order valence-corrected chi connectivity index (χ0v) is 23.0. The average Bonchev–Trinajstić information content (AvgIpc) is 3.60. The quantitative estimate of drug-likeness (QED) is 0.491. The third-order valence-electron chi connectivity index (χ3n) is 10.3. The van der Waals surface area contributed by atoms with Crippen molar-refractivity contribution in [1.82, 2.24) is 20.2 Å². The van der Waals surface area contributed by atoms with E-state index in [2.05, 4.69) is 33.3 Å². The normalized spacial score (nSPS) is 31.5. The first-order chi connectivity index (χ1) is 19.5. The highest BCUT2D eigenvalue weighted by molar-refractivity contribution is 5.87. The van der Waals surface area contributed by atoms with Crippen LogP contribution in [0.1, 0.15) is 61.3 Å². The van der Waals surface area contributed by atoms with Gasteiger partial charge in [0.1, 0.15) is 24.3 Å². The van der Waals surface area contributed by atoms with Gasteiger partial charge in [0.15, 0.2) is 0 Å². The molecular weight excluding hydrogens is 505 g/mol. The summed E-state index contributed by atoms with van der Waals surface area (Å²) in [5.74, 6) is 1.60. The minimum atomic E-state index is -0.780. The van der Waals surface area contributed by atoms with Crippen LogP contribution in [0.3, 0.4) is 0 Å². The lowest BCUT2D eigenvalue weighted by molar-refractivity contribution is 0.107. The van der Waals surface area contributed by atoms with Crippen molar-refractivity contribution in [2.75, 3.05) is 37.7 Å². The van der Waals surface area contributed by atoms with E-state index in [4.69, 9.17) is 14.7 Å². The molecule has 0 saturated carbocycles. The molecule has 2 bridgehead atoms. The average molecular weight is 544 g/mol. The Morgan fingerprint density at radius 1 is 1.07 bits per heavy atom. The number of hydrogen-bond donors (Lipinski definition) is 2. The molecule has 2 aromatic carbocycles. The lowest BCUT2D eigenvalue weighted by Crippen LogP contribution is -2.51. The van der Waals surface area contributed by atoms with Crippen molar-refractivity contribution >= 4 is 16.6 Å². The Morgan fingerprint density at radius 3 is 2.80 bits per heavy atom. The number of fused-ring (bicyclic) bond motifs is 5. The summed E-state index contributed by atoms with van der Waals surface area (Å²) >= 11 is 0. The van der Waals surface area contributed by atoms with Gasteiger partial charge in [0.05, 0.1) is 11.2 Å². The lowest BCUT2D eigenvalue weighted by Gasteiger charge is -2.37. The minimum Gasteiger partial charge on any atom is -0.508 e. The summed E-state index contributed by atoms with van der Waals surface area (Å²) in [4.78, 5) is 14.9. The van der Waals surface area contributed by atoms with Crippen LogP contribution in [0.5, 0.6) is 11.8 Å². The Morgan fingerprint density at radius 2 is 1.93 bits per heavy atom. The standard InChI is InChI=1S/C32H38FN5O2/c33-22-15-32(10-3-11-38(32)16-22)19-40-31-35-29-13-21(28-14-25(39)12-20-4-1-2-5-26(20)28)6-9-27(29)30(36-31)37-17-23-7-8-24(18-37)34-23/h1-2,4-5,12,14,21-24,34,39H,3,6-11,13,15-19H2/t21?,22-,23-,24+,32+/m1/s1. The number of hydrogen-bond acceptors (Lipinski definition) is 7. The van der Waals surface area contributed by atoms with Crippen LogP contribution in [0.4, 0.5) is 10.2 Å². The van der Waals surface area contributed by atoms with Gasteiger partial charge in [0, 0.05) is 43.7 Å². The van der Waals surface area contributed by atoms with Gasteiger partial charge in [0.2, 0.25) is 0 Å². The number of ether oxygens (including phenoxy) is 1. The third-order valence-corrected chi connectivity index (χ3v) is 10.3. The predicted octanol–water partition coefficient (Wildman–Crippen LogP) is 4.50. The number of piperazine rings is 1. The van der Waals surface area contributed by atoms with E-state index >= 15 is 0 Å². The highest BCUT2D eigenvalue weighted by Gasteiger charge is 2.49. The van der Waals surface area contributed by atoms with Crippen molar-refractivity contribution < 1.29 is 14.2 Å². The van der Waals surface area contributed by atoms with E-state index in [1.54, 1.807) is 0 Å². The number of nitrogens with zero attached hydrogens (tertiary/aromatic N) is 4. The van der Waals surface area contributed by atoms with Gasteiger partial charge in [-0.05, 0) is 85.9 Å². The first-order valence-electron chi connectivity index (χ1n) is 15.2. The number of halogens is 1. The molecule has 4 aliphatic heterocycles. The fraction of sp³-hybridized carbons (Fsp3) is 0.562. The second kappa shape index (κ2) is 9.55. The zero-order chi connectivity index (χ0) is 26.8. The van der Waals surface area contributed by atoms with Crippen LogP contribution in [0.15, 0.2) is 36.4 Å². The van der Waals surface area contributed by atoms with Crippen LogP contribution in [0.2, 0.25) is 0 Å². The van der Waals surface area contributed by atoms with Crippen LogP contribution < -0.4 is 15.0 Å². The molecule has 5 heterocycles. The van der Waals surface area contributed by atoms with Gasteiger partial charge >= 0.3 is 6.01 Å². The van der Waals surface area contributed by atoms with Crippen molar-refractivity contribution in [2.45, 2.75) is 81.1 Å². The highest BCUT2D eigenvalue weighted by atomic mass is 19.1. The van der Waals surface area contributed by atoms with Gasteiger partial charge in [0.25, 0.3) is 0 Å². The van der Waals surface area contributed by atoms with Gasteiger partial charge < -0.3 is 20.1 Å². The zero-order valence-electron chi connectivity index (χ0n) is 23.0. The van der Waals surface area contributed by atoms with Gasteiger partial charge in [-0.2, -0.15) is 9.97 Å². The maximum atomic E-state index is 14.4. The number of rotatable bonds is 5. The molecule has 4 saturated heterocycles. The van der Waals surface area contributed by atoms with Gasteiger partial charge in [-0.1, -0.05) is 24.3 Å². The van der Waals surface area contributed by atoms with Gasteiger partial charge in [-0.3, -0.25) is 4.90 Å². The van der Waals surface area contributed by atoms with Crippen LogP contribution in [0.25, 0.3) is 10.8 Å². The number of phenolic OH excluding ortho intramolecular Hbond substituents is 1. The Labute approximate surface area is 234 Å². The maximum absolute atomic E-state index is 14.4. The van der Waals surface area contributed by atoms with Crippen LogP contribution >= 0.6 is 0 Å². The first-order valence-corrected chi connectivity index (χ1v) is 15.2. The summed E-state index contributed by atoms with van der Waals surface area (Å²) in [6, 6.07) is 13.5. The molecule has 5 aliphatic rings. The number of alkyl halides is 1. The number of benzene rings is 2. The van der Waals surface area contributed by atoms with Gasteiger partial charge in [-0.15, -0.1) is 0 Å². The fourth-order valence-corrected chi connectivity index (χ4v) is 8.44. The SMILES string of the molecule is Oc1cc(C2CCc3c(nc(OC[C@@]45CCCN4C[C@H](F)C5)nc3N3C[C@H]4CC[C@@H](C3)N4)C2)c2ccccc2c1. The van der Waals surface area contributed by atoms with Crippen LogP contribution in [-0.4, -0.2) is 76.6 Å². The fourth-order valence-electron chi connectivity index (χ4n) is 8.44. The van der Waals surface area contributed by atoms with E-state index < -0.39 is 6.17 Å². The summed E-state index contributed by atoms with van der Waals surface area (Å²) in [5.41, 5.74) is 3.27. The maximum Gasteiger partial charge on any atom is 0.318 e. The number of aromatic hydroxyl groups is 1. The molecule has 0 amide bonds. The Kier molecular flexibility index (Phi) is 5.92. The highest BCUT2D eigenvalue weighted by Crippen LogP contribution is 2.43.